The summed E-state index contributed by atoms with van der Waals surface area (Å²) in [5.41, 5.74) is 0.366. The number of aromatic nitrogens is 2. The van der Waals surface area contributed by atoms with Crippen LogP contribution in [0.3, 0.4) is 0 Å². The second-order valence-electron chi connectivity index (χ2n) is 5.34. The smallest absolute Gasteiger partial charge is 0.272 e. The van der Waals surface area contributed by atoms with Crippen LogP contribution in [0, 0.1) is 0 Å². The first-order valence-corrected chi connectivity index (χ1v) is 7.72. The monoisotopic (exact) mass is 321 g/mol. The molecule has 0 saturated carbocycles. The molecule has 0 radical (unpaired) electrons. The van der Waals surface area contributed by atoms with E-state index in [9.17, 15) is 9.59 Å². The number of hydrogen-bond acceptors (Lipinski definition) is 6. The van der Waals surface area contributed by atoms with Crippen LogP contribution in [0.1, 0.15) is 23.8 Å². The van der Waals surface area contributed by atoms with Crippen molar-refractivity contribution in [3.8, 4) is 0 Å². The molecule has 0 atom stereocenters. The number of ether oxygens (including phenoxy) is 1. The molecular formula is C15H23N5O3. The van der Waals surface area contributed by atoms with Crippen molar-refractivity contribution in [2.24, 2.45) is 0 Å². The van der Waals surface area contributed by atoms with Crippen molar-refractivity contribution in [2.45, 2.75) is 13.3 Å². The van der Waals surface area contributed by atoms with E-state index in [-0.39, 0.29) is 11.8 Å². The highest BCUT2D eigenvalue weighted by atomic mass is 16.5. The van der Waals surface area contributed by atoms with Gasteiger partial charge in [0.1, 0.15) is 5.69 Å². The number of piperazine rings is 1. The Labute approximate surface area is 135 Å². The van der Waals surface area contributed by atoms with Gasteiger partial charge in [-0.3, -0.25) is 9.59 Å². The molecule has 2 rings (SSSR count). The number of nitrogens with zero attached hydrogens (tertiary/aromatic N) is 4. The van der Waals surface area contributed by atoms with E-state index in [2.05, 4.69) is 15.3 Å². The quantitative estimate of drug-likeness (QED) is 0.755. The van der Waals surface area contributed by atoms with Gasteiger partial charge in [0, 0.05) is 59.6 Å². The van der Waals surface area contributed by atoms with Gasteiger partial charge in [-0.2, -0.15) is 0 Å². The lowest BCUT2D eigenvalue weighted by Gasteiger charge is -2.34. The minimum Gasteiger partial charge on any atom is -0.385 e. The van der Waals surface area contributed by atoms with Crippen LogP contribution in [-0.4, -0.2) is 78.0 Å². The summed E-state index contributed by atoms with van der Waals surface area (Å²) in [7, 11) is 1.65. The number of rotatable bonds is 6. The Kier molecular flexibility index (Phi) is 6.28. The summed E-state index contributed by atoms with van der Waals surface area (Å²) >= 11 is 0. The van der Waals surface area contributed by atoms with Crippen LogP contribution in [0.25, 0.3) is 0 Å². The van der Waals surface area contributed by atoms with E-state index < -0.39 is 0 Å². The molecule has 1 N–H and O–H groups in total. The van der Waals surface area contributed by atoms with Gasteiger partial charge in [0.2, 0.25) is 11.9 Å². The zero-order valence-electron chi connectivity index (χ0n) is 13.6. The van der Waals surface area contributed by atoms with Gasteiger partial charge < -0.3 is 19.9 Å². The molecule has 1 aliphatic heterocycles. The van der Waals surface area contributed by atoms with Crippen LogP contribution in [0.2, 0.25) is 0 Å². The van der Waals surface area contributed by atoms with Gasteiger partial charge in [-0.15, -0.1) is 0 Å². The van der Waals surface area contributed by atoms with Crippen molar-refractivity contribution in [3.63, 3.8) is 0 Å². The molecule has 0 aliphatic carbocycles. The first-order valence-electron chi connectivity index (χ1n) is 7.72. The van der Waals surface area contributed by atoms with E-state index in [1.54, 1.807) is 36.1 Å². The van der Waals surface area contributed by atoms with Crippen LogP contribution in [0.15, 0.2) is 12.3 Å². The Morgan fingerprint density at radius 3 is 2.61 bits per heavy atom. The van der Waals surface area contributed by atoms with E-state index in [1.165, 1.54) is 0 Å². The standard InChI is InChI=1S/C15H23N5O3/c1-12(21)19-7-9-20(10-8-19)14(22)13-4-6-17-15(18-13)16-5-3-11-23-2/h4,6H,3,5,7-11H2,1-2H3,(H,16,17,18). The fourth-order valence-electron chi connectivity index (χ4n) is 2.37. The average molecular weight is 321 g/mol. The highest BCUT2D eigenvalue weighted by Gasteiger charge is 2.24. The summed E-state index contributed by atoms with van der Waals surface area (Å²) in [5.74, 6) is 0.353. The van der Waals surface area contributed by atoms with Gasteiger partial charge in [-0.1, -0.05) is 0 Å². The molecule has 1 fully saturated rings. The summed E-state index contributed by atoms with van der Waals surface area (Å²) in [6, 6.07) is 1.61. The number of hydrogen-bond donors (Lipinski definition) is 1. The molecule has 23 heavy (non-hydrogen) atoms. The maximum absolute atomic E-state index is 12.5. The fourth-order valence-corrected chi connectivity index (χ4v) is 2.37. The maximum Gasteiger partial charge on any atom is 0.272 e. The summed E-state index contributed by atoms with van der Waals surface area (Å²) in [4.78, 5) is 35.7. The average Bonchev–Trinajstić information content (AvgIpc) is 2.58. The SMILES string of the molecule is COCCCNc1nccc(C(=O)N2CCN(C(C)=O)CC2)n1. The summed E-state index contributed by atoms with van der Waals surface area (Å²) in [6.07, 6.45) is 2.41. The first-order chi connectivity index (χ1) is 11.1. The third-order valence-electron chi connectivity index (χ3n) is 3.70. The lowest BCUT2D eigenvalue weighted by Crippen LogP contribution is -2.50. The number of carbonyl (C=O) groups excluding carboxylic acids is 2. The van der Waals surface area contributed by atoms with Gasteiger partial charge in [0.25, 0.3) is 5.91 Å². The molecule has 0 bridgehead atoms. The fraction of sp³-hybridized carbons (Fsp3) is 0.600. The normalized spacial score (nSPS) is 14.7. The number of carbonyl (C=O) groups is 2. The van der Waals surface area contributed by atoms with Crippen LogP contribution in [0.4, 0.5) is 5.95 Å². The molecule has 8 heteroatoms. The molecule has 0 aromatic carbocycles. The highest BCUT2D eigenvalue weighted by Crippen LogP contribution is 2.08. The van der Waals surface area contributed by atoms with Crippen molar-refractivity contribution in [1.82, 2.24) is 19.8 Å². The van der Waals surface area contributed by atoms with E-state index >= 15 is 0 Å². The van der Waals surface area contributed by atoms with Crippen LogP contribution in [0.5, 0.6) is 0 Å². The van der Waals surface area contributed by atoms with E-state index in [0.29, 0.717) is 51.0 Å². The summed E-state index contributed by atoms with van der Waals surface area (Å²) in [5, 5.41) is 3.07. The molecular weight excluding hydrogens is 298 g/mol. The first kappa shape index (κ1) is 17.1. The van der Waals surface area contributed by atoms with Crippen molar-refractivity contribution >= 4 is 17.8 Å². The number of anilines is 1. The van der Waals surface area contributed by atoms with Gasteiger partial charge in [0.15, 0.2) is 0 Å². The van der Waals surface area contributed by atoms with Crippen LogP contribution < -0.4 is 5.32 Å². The molecule has 1 saturated heterocycles. The van der Waals surface area contributed by atoms with E-state index in [4.69, 9.17) is 4.74 Å². The van der Waals surface area contributed by atoms with Gasteiger partial charge >= 0.3 is 0 Å². The van der Waals surface area contributed by atoms with Gasteiger partial charge in [-0.05, 0) is 12.5 Å². The summed E-state index contributed by atoms with van der Waals surface area (Å²) < 4.78 is 4.98. The molecule has 2 heterocycles. The Balaban J connectivity index is 1.91. The number of nitrogens with one attached hydrogen (secondary N) is 1. The van der Waals surface area contributed by atoms with Crippen molar-refractivity contribution in [1.29, 1.82) is 0 Å². The van der Waals surface area contributed by atoms with Gasteiger partial charge in [0.05, 0.1) is 0 Å². The summed E-state index contributed by atoms with van der Waals surface area (Å²) in [6.45, 7) is 5.07. The predicted octanol–water partition coefficient (Wildman–Crippen LogP) is 0.229. The molecule has 2 amide bonds. The molecule has 1 aliphatic rings. The zero-order valence-corrected chi connectivity index (χ0v) is 13.6. The number of amides is 2. The topological polar surface area (TPSA) is 87.7 Å². The zero-order chi connectivity index (χ0) is 16.7. The van der Waals surface area contributed by atoms with Crippen LogP contribution in [-0.2, 0) is 9.53 Å². The minimum absolute atomic E-state index is 0.0432. The second-order valence-corrected chi connectivity index (χ2v) is 5.34. The lowest BCUT2D eigenvalue weighted by molar-refractivity contribution is -0.130. The molecule has 1 aromatic heterocycles. The predicted molar refractivity (Wildman–Crippen MR) is 85.2 cm³/mol. The highest BCUT2D eigenvalue weighted by molar-refractivity contribution is 5.92. The Morgan fingerprint density at radius 1 is 1.26 bits per heavy atom. The third-order valence-corrected chi connectivity index (χ3v) is 3.70. The van der Waals surface area contributed by atoms with Crippen molar-refractivity contribution in [2.75, 3.05) is 51.8 Å². The molecule has 0 spiro atoms. The lowest BCUT2D eigenvalue weighted by atomic mass is 10.2. The largest absolute Gasteiger partial charge is 0.385 e. The minimum atomic E-state index is -0.129. The molecule has 8 nitrogen and oxygen atoms in total. The van der Waals surface area contributed by atoms with Crippen molar-refractivity contribution in [3.05, 3.63) is 18.0 Å². The Morgan fingerprint density at radius 2 is 1.96 bits per heavy atom. The van der Waals surface area contributed by atoms with Crippen molar-refractivity contribution < 1.29 is 14.3 Å². The number of methoxy groups -OCH3 is 1. The Bertz CT molecular complexity index is 544. The maximum atomic E-state index is 12.5. The van der Waals surface area contributed by atoms with E-state index in [0.717, 1.165) is 6.42 Å². The Hall–Kier alpha value is -2.22. The molecule has 0 unspecified atom stereocenters. The molecule has 1 aromatic rings. The van der Waals surface area contributed by atoms with E-state index in [1.807, 2.05) is 0 Å². The van der Waals surface area contributed by atoms with Gasteiger partial charge in [-0.25, -0.2) is 9.97 Å². The third kappa shape index (κ3) is 4.88. The second kappa shape index (κ2) is 8.42. The molecule has 126 valence electrons. The van der Waals surface area contributed by atoms with Crippen LogP contribution >= 0.6 is 0 Å².